The van der Waals surface area contributed by atoms with Crippen molar-refractivity contribution < 1.29 is 5.11 Å². The summed E-state index contributed by atoms with van der Waals surface area (Å²) in [6.07, 6.45) is 0.689. The van der Waals surface area contributed by atoms with Gasteiger partial charge in [0, 0.05) is 24.7 Å². The van der Waals surface area contributed by atoms with E-state index in [2.05, 4.69) is 10.2 Å². The van der Waals surface area contributed by atoms with Crippen LogP contribution in [-0.2, 0) is 0 Å². The Morgan fingerprint density at radius 3 is 3.06 bits per heavy atom. The van der Waals surface area contributed by atoms with Crippen molar-refractivity contribution in [1.82, 2.24) is 10.2 Å². The molecule has 1 aromatic rings. The van der Waals surface area contributed by atoms with Gasteiger partial charge in [0.05, 0.1) is 6.10 Å². The van der Waals surface area contributed by atoms with Crippen molar-refractivity contribution >= 4 is 11.6 Å². The maximum Gasteiger partial charge on any atom is 0.0917 e. The largest absolute Gasteiger partial charge is 0.387 e. The van der Waals surface area contributed by atoms with Crippen molar-refractivity contribution in [2.75, 3.05) is 32.7 Å². The molecular formula is C13H19ClN2O. The normalized spacial score (nSPS) is 19.9. The average molecular weight is 255 g/mol. The van der Waals surface area contributed by atoms with Crippen molar-refractivity contribution in [1.29, 1.82) is 0 Å². The molecule has 0 saturated carbocycles. The molecule has 94 valence electrons. The van der Waals surface area contributed by atoms with Crippen molar-refractivity contribution in [3.05, 3.63) is 34.9 Å². The molecule has 0 spiro atoms. The molecule has 0 aromatic heterocycles. The smallest absolute Gasteiger partial charge is 0.0917 e. The Balaban J connectivity index is 1.93. The molecule has 1 aromatic carbocycles. The van der Waals surface area contributed by atoms with Crippen LogP contribution in [0.1, 0.15) is 18.1 Å². The first-order valence-electron chi connectivity index (χ1n) is 6.12. The molecule has 1 aliphatic rings. The molecule has 17 heavy (non-hydrogen) atoms. The van der Waals surface area contributed by atoms with E-state index in [0.717, 1.165) is 38.2 Å². The molecule has 3 nitrogen and oxygen atoms in total. The average Bonchev–Trinajstić information content (AvgIpc) is 2.57. The lowest BCUT2D eigenvalue weighted by Gasteiger charge is -2.23. The first-order chi connectivity index (χ1) is 8.25. The number of benzene rings is 1. The number of nitrogens with zero attached hydrogens (tertiary/aromatic N) is 1. The predicted molar refractivity (Wildman–Crippen MR) is 70.3 cm³/mol. The molecule has 1 heterocycles. The van der Waals surface area contributed by atoms with Crippen molar-refractivity contribution in [2.24, 2.45) is 0 Å². The lowest BCUT2D eigenvalue weighted by Crippen LogP contribution is -2.32. The third-order valence-corrected chi connectivity index (χ3v) is 3.33. The van der Waals surface area contributed by atoms with Crippen molar-refractivity contribution in [2.45, 2.75) is 12.5 Å². The Morgan fingerprint density at radius 2 is 2.24 bits per heavy atom. The third-order valence-electron chi connectivity index (χ3n) is 3.10. The summed E-state index contributed by atoms with van der Waals surface area (Å²) in [5.74, 6) is 0. The highest BCUT2D eigenvalue weighted by Gasteiger charge is 2.14. The van der Waals surface area contributed by atoms with Gasteiger partial charge in [0.15, 0.2) is 0 Å². The first kappa shape index (κ1) is 12.8. The van der Waals surface area contributed by atoms with Gasteiger partial charge in [0.1, 0.15) is 0 Å². The fraction of sp³-hybridized carbons (Fsp3) is 0.538. The van der Waals surface area contributed by atoms with E-state index in [-0.39, 0.29) is 0 Å². The lowest BCUT2D eigenvalue weighted by molar-refractivity contribution is 0.117. The van der Waals surface area contributed by atoms with Crippen molar-refractivity contribution in [3.63, 3.8) is 0 Å². The van der Waals surface area contributed by atoms with Crippen LogP contribution in [0.15, 0.2) is 24.3 Å². The summed E-state index contributed by atoms with van der Waals surface area (Å²) in [5, 5.41) is 14.2. The van der Waals surface area contributed by atoms with Gasteiger partial charge in [0.2, 0.25) is 0 Å². The Bertz CT molecular complexity index is 351. The number of aliphatic hydroxyl groups is 1. The van der Waals surface area contributed by atoms with Crippen LogP contribution in [0, 0.1) is 0 Å². The van der Waals surface area contributed by atoms with Crippen LogP contribution >= 0.6 is 11.6 Å². The van der Waals surface area contributed by atoms with Gasteiger partial charge in [-0.15, -0.1) is 0 Å². The highest BCUT2D eigenvalue weighted by atomic mass is 35.5. The van der Waals surface area contributed by atoms with Crippen molar-refractivity contribution in [3.8, 4) is 0 Å². The Kier molecular flexibility index (Phi) is 4.80. The molecule has 1 saturated heterocycles. The number of halogens is 1. The van der Waals surface area contributed by atoms with E-state index in [1.54, 1.807) is 0 Å². The lowest BCUT2D eigenvalue weighted by atomic mass is 10.1. The zero-order valence-electron chi connectivity index (χ0n) is 9.90. The summed E-state index contributed by atoms with van der Waals surface area (Å²) >= 11 is 5.92. The predicted octanol–water partition coefficient (Wildman–Crippen LogP) is 1.67. The third kappa shape index (κ3) is 3.96. The summed E-state index contributed by atoms with van der Waals surface area (Å²) in [4.78, 5) is 2.30. The number of hydrogen-bond acceptors (Lipinski definition) is 3. The molecule has 0 bridgehead atoms. The summed E-state index contributed by atoms with van der Waals surface area (Å²) < 4.78 is 0. The fourth-order valence-corrected chi connectivity index (χ4v) is 2.35. The topological polar surface area (TPSA) is 35.5 Å². The molecular weight excluding hydrogens is 236 g/mol. The molecule has 4 heteroatoms. The van der Waals surface area contributed by atoms with Gasteiger partial charge in [-0.25, -0.2) is 0 Å². The minimum Gasteiger partial charge on any atom is -0.387 e. The van der Waals surface area contributed by atoms with Gasteiger partial charge in [-0.05, 0) is 37.2 Å². The van der Waals surface area contributed by atoms with E-state index in [4.69, 9.17) is 11.6 Å². The Hall–Kier alpha value is -0.610. The summed E-state index contributed by atoms with van der Waals surface area (Å²) in [5.41, 5.74) is 0.898. The van der Waals surface area contributed by atoms with Gasteiger partial charge in [-0.1, -0.05) is 23.7 Å². The number of nitrogens with one attached hydrogen (secondary N) is 1. The van der Waals surface area contributed by atoms with Crippen LogP contribution in [0.3, 0.4) is 0 Å². The van der Waals surface area contributed by atoms with Crippen LogP contribution in [0.5, 0.6) is 0 Å². The van der Waals surface area contributed by atoms with Gasteiger partial charge >= 0.3 is 0 Å². The van der Waals surface area contributed by atoms with Gasteiger partial charge < -0.3 is 10.4 Å². The van der Waals surface area contributed by atoms with E-state index in [0.29, 0.717) is 11.6 Å². The quantitative estimate of drug-likeness (QED) is 0.862. The maximum absolute atomic E-state index is 10.2. The molecule has 0 aliphatic carbocycles. The Labute approximate surface area is 107 Å². The highest BCUT2D eigenvalue weighted by Crippen LogP contribution is 2.18. The van der Waals surface area contributed by atoms with Crippen LogP contribution in [0.4, 0.5) is 0 Å². The molecule has 1 atom stereocenters. The minimum atomic E-state index is -0.452. The molecule has 0 radical (unpaired) electrons. The van der Waals surface area contributed by atoms with Gasteiger partial charge in [-0.3, -0.25) is 4.90 Å². The number of aliphatic hydroxyl groups excluding tert-OH is 1. The van der Waals surface area contributed by atoms with E-state index in [9.17, 15) is 5.11 Å². The number of hydrogen-bond donors (Lipinski definition) is 2. The van der Waals surface area contributed by atoms with Crippen LogP contribution in [-0.4, -0.2) is 42.7 Å². The fourth-order valence-electron chi connectivity index (χ4n) is 2.15. The zero-order valence-corrected chi connectivity index (χ0v) is 10.7. The molecule has 1 fully saturated rings. The van der Waals surface area contributed by atoms with Crippen LogP contribution < -0.4 is 5.32 Å². The van der Waals surface area contributed by atoms with E-state index in [1.165, 1.54) is 0 Å². The molecule has 1 unspecified atom stereocenters. The van der Waals surface area contributed by atoms with E-state index >= 15 is 0 Å². The van der Waals surface area contributed by atoms with E-state index < -0.39 is 6.10 Å². The number of rotatable bonds is 3. The van der Waals surface area contributed by atoms with Gasteiger partial charge in [-0.2, -0.15) is 0 Å². The molecule has 0 amide bonds. The molecule has 2 rings (SSSR count). The first-order valence-corrected chi connectivity index (χ1v) is 6.50. The van der Waals surface area contributed by atoms with Crippen LogP contribution in [0.2, 0.25) is 5.02 Å². The number of β-amino-alcohol motifs (C(OH)–C–C–N with tert-alkyl or cyclic N) is 1. The SMILES string of the molecule is OC(CN1CCCNCC1)c1cccc(Cl)c1. The molecule has 1 aliphatic heterocycles. The highest BCUT2D eigenvalue weighted by molar-refractivity contribution is 6.30. The second kappa shape index (κ2) is 6.36. The standard InChI is InChI=1S/C13H19ClN2O/c14-12-4-1-3-11(9-12)13(17)10-16-7-2-5-15-6-8-16/h1,3-4,9,13,15,17H,2,5-8,10H2. The van der Waals surface area contributed by atoms with E-state index in [1.807, 2.05) is 24.3 Å². The summed E-state index contributed by atoms with van der Waals surface area (Å²) in [6.45, 7) is 4.80. The zero-order chi connectivity index (χ0) is 12.1. The minimum absolute atomic E-state index is 0.452. The monoisotopic (exact) mass is 254 g/mol. The van der Waals surface area contributed by atoms with Gasteiger partial charge in [0.25, 0.3) is 0 Å². The second-order valence-electron chi connectivity index (χ2n) is 4.47. The Morgan fingerprint density at radius 1 is 1.35 bits per heavy atom. The maximum atomic E-state index is 10.2. The van der Waals surface area contributed by atoms with Crippen LogP contribution in [0.25, 0.3) is 0 Å². The molecule has 2 N–H and O–H groups in total. The summed E-state index contributed by atoms with van der Waals surface area (Å²) in [7, 11) is 0. The second-order valence-corrected chi connectivity index (χ2v) is 4.91. The summed E-state index contributed by atoms with van der Waals surface area (Å²) in [6, 6.07) is 7.47.